The number of carbonyl (C=O) groups excluding carboxylic acids is 1. The molecule has 31 heavy (non-hydrogen) atoms. The first-order valence-corrected chi connectivity index (χ1v) is 11.7. The molecule has 5 atom stereocenters. The summed E-state index contributed by atoms with van der Waals surface area (Å²) in [5, 5.41) is 9.94. The molecule has 5 unspecified atom stereocenters. The van der Waals surface area contributed by atoms with Gasteiger partial charge in [-0.05, 0) is 73.8 Å². The zero-order valence-corrected chi connectivity index (χ0v) is 19.2. The highest BCUT2D eigenvalue weighted by Crippen LogP contribution is 2.56. The van der Waals surface area contributed by atoms with Gasteiger partial charge in [-0.15, -0.1) is 0 Å². The molecule has 1 N–H and O–H groups in total. The number of allylic oxidation sites excluding steroid dienone is 7. The Hall–Kier alpha value is -1.94. The van der Waals surface area contributed by atoms with Crippen molar-refractivity contribution in [3.63, 3.8) is 0 Å². The lowest BCUT2D eigenvalue weighted by molar-refractivity contribution is -0.137. The number of ether oxygens (including phenoxy) is 1. The quantitative estimate of drug-likeness (QED) is 0.313. The van der Waals surface area contributed by atoms with E-state index in [1.807, 2.05) is 19.1 Å². The fraction of sp³-hybridized carbons (Fsp3) is 0.593. The lowest BCUT2D eigenvalue weighted by atomic mass is 9.62. The molecule has 0 heterocycles. The van der Waals surface area contributed by atoms with Gasteiger partial charge in [-0.1, -0.05) is 55.9 Å². The van der Waals surface area contributed by atoms with Crippen LogP contribution in [0.2, 0.25) is 0 Å². The molecule has 0 amide bonds. The molecule has 0 aromatic heterocycles. The predicted octanol–water partition coefficient (Wildman–Crippen LogP) is 6.17. The van der Waals surface area contributed by atoms with E-state index < -0.39 is 12.3 Å². The highest BCUT2D eigenvalue weighted by atomic mass is 19.1. The van der Waals surface area contributed by atoms with Gasteiger partial charge in [-0.25, -0.2) is 9.18 Å². The Morgan fingerprint density at radius 3 is 2.97 bits per heavy atom. The third-order valence-corrected chi connectivity index (χ3v) is 7.40. The van der Waals surface area contributed by atoms with Crippen LogP contribution in [0.1, 0.15) is 65.7 Å². The smallest absolute Gasteiger partial charge is 0.330 e. The zero-order chi connectivity index (χ0) is 22.6. The number of aliphatic hydroxyl groups is 1. The van der Waals surface area contributed by atoms with Crippen molar-refractivity contribution in [1.82, 2.24) is 0 Å². The van der Waals surface area contributed by atoms with Gasteiger partial charge in [0.1, 0.15) is 6.17 Å². The molecule has 0 aliphatic heterocycles. The number of hydrogen-bond donors (Lipinski definition) is 1. The molecule has 3 aliphatic rings. The van der Waals surface area contributed by atoms with E-state index in [9.17, 15) is 14.3 Å². The maximum absolute atomic E-state index is 14.1. The van der Waals surface area contributed by atoms with Crippen molar-refractivity contribution in [3.05, 3.63) is 59.3 Å². The van der Waals surface area contributed by atoms with Crippen LogP contribution in [0, 0.1) is 17.3 Å². The fourth-order valence-corrected chi connectivity index (χ4v) is 5.73. The van der Waals surface area contributed by atoms with E-state index in [0.717, 1.165) is 31.3 Å². The second kappa shape index (κ2) is 10.1. The van der Waals surface area contributed by atoms with Gasteiger partial charge < -0.3 is 9.84 Å². The highest BCUT2D eigenvalue weighted by Gasteiger charge is 2.45. The first kappa shape index (κ1) is 23.7. The molecule has 170 valence electrons. The zero-order valence-electron chi connectivity index (χ0n) is 19.2. The maximum atomic E-state index is 14.1. The summed E-state index contributed by atoms with van der Waals surface area (Å²) in [5.74, 6) is 0.562. The molecule has 4 heteroatoms. The summed E-state index contributed by atoms with van der Waals surface area (Å²) in [5.41, 5.74) is 4.41. The van der Waals surface area contributed by atoms with Gasteiger partial charge in [0.2, 0.25) is 0 Å². The minimum atomic E-state index is -1.15. The molecule has 0 saturated heterocycles. The summed E-state index contributed by atoms with van der Waals surface area (Å²) in [7, 11) is 0. The molecule has 3 rings (SSSR count). The van der Waals surface area contributed by atoms with Gasteiger partial charge in [-0.3, -0.25) is 0 Å². The van der Waals surface area contributed by atoms with Crippen molar-refractivity contribution in [2.45, 2.75) is 78.0 Å². The van der Waals surface area contributed by atoms with Gasteiger partial charge in [0.15, 0.2) is 0 Å². The second-order valence-electron chi connectivity index (χ2n) is 9.53. The third-order valence-electron chi connectivity index (χ3n) is 7.40. The lowest BCUT2D eigenvalue weighted by Gasteiger charge is -2.42. The largest absolute Gasteiger partial charge is 0.463 e. The Bertz CT molecular complexity index is 818. The van der Waals surface area contributed by atoms with Crippen LogP contribution < -0.4 is 0 Å². The lowest BCUT2D eigenvalue weighted by Crippen LogP contribution is -2.32. The molecule has 2 fully saturated rings. The monoisotopic (exact) mass is 428 g/mol. The van der Waals surface area contributed by atoms with Crippen molar-refractivity contribution in [2.75, 3.05) is 6.61 Å². The topological polar surface area (TPSA) is 46.5 Å². The van der Waals surface area contributed by atoms with Gasteiger partial charge in [0.25, 0.3) is 0 Å². The summed E-state index contributed by atoms with van der Waals surface area (Å²) in [6.45, 7) is 10.7. The second-order valence-corrected chi connectivity index (χ2v) is 9.53. The Labute approximate surface area is 186 Å². The van der Waals surface area contributed by atoms with E-state index in [2.05, 4.69) is 32.6 Å². The van der Waals surface area contributed by atoms with Gasteiger partial charge in [-0.2, -0.15) is 0 Å². The molecule has 3 nitrogen and oxygen atoms in total. The molecule has 3 aliphatic carbocycles. The number of carbonyl (C=O) groups is 1. The summed E-state index contributed by atoms with van der Waals surface area (Å²) >= 11 is 0. The molecule has 0 aromatic rings. The van der Waals surface area contributed by atoms with Crippen LogP contribution in [0.15, 0.2) is 59.3 Å². The SMILES string of the molecule is C=C1/C(=C/C=C2/CCCC3(C)C(C(C)C/C=C/C(=O)OCC)=CCC23)CC(O)CC1F. The first-order valence-electron chi connectivity index (χ1n) is 11.7. The normalized spacial score (nSPS) is 34.8. The predicted molar refractivity (Wildman–Crippen MR) is 123 cm³/mol. The molecule has 0 spiro atoms. The standard InChI is InChI=1S/C27H37FO3/c1-5-31-26(30)10-6-8-18(2)23-13-14-24-20(9-7-15-27(23,24)4)11-12-21-16-22(29)17-25(28)19(21)3/h6,10-13,18,22,24-25,29H,3,5,7-9,14-17H2,1-2,4H3/b10-6+,20-11-,21-12+. The molecule has 0 radical (unpaired) electrons. The van der Waals surface area contributed by atoms with Crippen molar-refractivity contribution < 1.29 is 19.0 Å². The first-order chi connectivity index (χ1) is 14.8. The Kier molecular flexibility index (Phi) is 7.74. The van der Waals surface area contributed by atoms with Crippen molar-refractivity contribution in [2.24, 2.45) is 17.3 Å². The van der Waals surface area contributed by atoms with Crippen LogP contribution in [0.3, 0.4) is 0 Å². The maximum Gasteiger partial charge on any atom is 0.330 e. The third kappa shape index (κ3) is 5.28. The summed E-state index contributed by atoms with van der Waals surface area (Å²) in [4.78, 5) is 11.6. The number of esters is 1. The number of alkyl halides is 1. The van der Waals surface area contributed by atoms with E-state index in [-0.39, 0.29) is 17.8 Å². The highest BCUT2D eigenvalue weighted by molar-refractivity contribution is 5.81. The van der Waals surface area contributed by atoms with E-state index in [0.29, 0.717) is 30.4 Å². The van der Waals surface area contributed by atoms with E-state index in [1.165, 1.54) is 23.6 Å². The Morgan fingerprint density at radius 1 is 1.45 bits per heavy atom. The van der Waals surface area contributed by atoms with E-state index in [4.69, 9.17) is 4.74 Å². The van der Waals surface area contributed by atoms with Crippen LogP contribution in [0.5, 0.6) is 0 Å². The van der Waals surface area contributed by atoms with Crippen LogP contribution >= 0.6 is 0 Å². The van der Waals surface area contributed by atoms with Gasteiger partial charge >= 0.3 is 5.97 Å². The van der Waals surface area contributed by atoms with Crippen molar-refractivity contribution >= 4 is 5.97 Å². The van der Waals surface area contributed by atoms with Crippen molar-refractivity contribution in [1.29, 1.82) is 0 Å². The number of halogens is 1. The summed E-state index contributed by atoms with van der Waals surface area (Å²) in [6.07, 6.45) is 14.2. The van der Waals surface area contributed by atoms with Crippen molar-refractivity contribution in [3.8, 4) is 0 Å². The summed E-state index contributed by atoms with van der Waals surface area (Å²) in [6, 6.07) is 0. The molecular weight excluding hydrogens is 391 g/mol. The Morgan fingerprint density at radius 2 is 2.23 bits per heavy atom. The number of aliphatic hydroxyl groups excluding tert-OH is 1. The number of rotatable bonds is 6. The molecule has 0 bridgehead atoms. The Balaban J connectivity index is 1.71. The number of fused-ring (bicyclic) bond motifs is 1. The van der Waals surface area contributed by atoms with Crippen LogP contribution in [-0.4, -0.2) is 30.0 Å². The molecular formula is C27H37FO3. The fourth-order valence-electron chi connectivity index (χ4n) is 5.73. The molecule has 2 saturated carbocycles. The van der Waals surface area contributed by atoms with Crippen LogP contribution in [0.4, 0.5) is 4.39 Å². The number of hydrogen-bond acceptors (Lipinski definition) is 3. The van der Waals surface area contributed by atoms with Crippen LogP contribution in [-0.2, 0) is 9.53 Å². The average Bonchev–Trinajstić information content (AvgIpc) is 3.07. The average molecular weight is 429 g/mol. The summed E-state index contributed by atoms with van der Waals surface area (Å²) < 4.78 is 19.1. The molecule has 0 aromatic carbocycles. The minimum absolute atomic E-state index is 0.130. The van der Waals surface area contributed by atoms with Gasteiger partial charge in [0.05, 0.1) is 12.7 Å². The minimum Gasteiger partial charge on any atom is -0.463 e. The van der Waals surface area contributed by atoms with E-state index in [1.54, 1.807) is 0 Å². The van der Waals surface area contributed by atoms with E-state index >= 15 is 0 Å². The van der Waals surface area contributed by atoms with Gasteiger partial charge in [0, 0.05) is 12.5 Å². The van der Waals surface area contributed by atoms with Crippen LogP contribution in [0.25, 0.3) is 0 Å².